The fourth-order valence-electron chi connectivity index (χ4n) is 6.06. The van der Waals surface area contributed by atoms with Gasteiger partial charge in [0, 0.05) is 38.4 Å². The second-order valence-electron chi connectivity index (χ2n) is 11.4. The normalized spacial score (nSPS) is 17.8. The molecule has 2 N–H and O–H groups in total. The molecule has 238 valence electrons. The number of piperidine rings is 1. The largest absolute Gasteiger partial charge is 0.495 e. The van der Waals surface area contributed by atoms with Gasteiger partial charge in [0.15, 0.2) is 0 Å². The Bertz CT molecular complexity index is 1650. The van der Waals surface area contributed by atoms with Crippen LogP contribution in [-0.4, -0.2) is 71.4 Å². The summed E-state index contributed by atoms with van der Waals surface area (Å²) >= 11 is 0. The van der Waals surface area contributed by atoms with Crippen LogP contribution in [0.25, 0.3) is 0 Å². The van der Waals surface area contributed by atoms with Gasteiger partial charge in [0.1, 0.15) is 22.9 Å². The minimum Gasteiger partial charge on any atom is -0.495 e. The number of carbonyl (C=O) groups excluding carboxylic acids is 2. The van der Waals surface area contributed by atoms with Crippen molar-refractivity contribution in [3.8, 4) is 17.4 Å². The summed E-state index contributed by atoms with van der Waals surface area (Å²) in [6.07, 6.45) is -1.36. The van der Waals surface area contributed by atoms with Gasteiger partial charge in [0.2, 0.25) is 11.8 Å². The molecule has 10 nitrogen and oxygen atoms in total. The van der Waals surface area contributed by atoms with E-state index in [4.69, 9.17) is 9.47 Å². The summed E-state index contributed by atoms with van der Waals surface area (Å²) in [6.45, 7) is 4.65. The molecule has 0 unspecified atom stereocenters. The average Bonchev–Trinajstić information content (AvgIpc) is 3.79. The molecule has 3 aromatic rings. The van der Waals surface area contributed by atoms with Crippen molar-refractivity contribution < 1.29 is 36.6 Å². The lowest BCUT2D eigenvalue weighted by atomic mass is 10.0. The number of aromatic nitrogens is 2. The number of fused-ring (bicyclic) bond motifs is 2. The molecule has 1 aromatic heterocycles. The van der Waals surface area contributed by atoms with Crippen LogP contribution in [0.4, 0.5) is 29.2 Å². The summed E-state index contributed by atoms with van der Waals surface area (Å²) in [4.78, 5) is 37.6. The SMILES string of the molecule is CCN1CCC(NC(=O)c2cc(OC)c(Nc3ncc(C(F)(F)F)c(Oc4cccc5c4C(=O)N(C)C54CC4)n3)cc2F)CC1. The van der Waals surface area contributed by atoms with Gasteiger partial charge < -0.3 is 29.9 Å². The Morgan fingerprint density at radius 2 is 1.89 bits per heavy atom. The van der Waals surface area contributed by atoms with Gasteiger partial charge in [-0.3, -0.25) is 9.59 Å². The second-order valence-corrected chi connectivity index (χ2v) is 11.4. The van der Waals surface area contributed by atoms with Gasteiger partial charge >= 0.3 is 6.18 Å². The van der Waals surface area contributed by atoms with E-state index in [9.17, 15) is 22.8 Å². The van der Waals surface area contributed by atoms with Crippen molar-refractivity contribution >= 4 is 23.5 Å². The van der Waals surface area contributed by atoms with Crippen LogP contribution in [-0.2, 0) is 11.7 Å². The number of rotatable bonds is 8. The first-order chi connectivity index (χ1) is 21.4. The van der Waals surface area contributed by atoms with Gasteiger partial charge in [0.05, 0.1) is 29.5 Å². The molecule has 0 bridgehead atoms. The molecule has 2 aromatic carbocycles. The van der Waals surface area contributed by atoms with Crippen LogP contribution in [0.3, 0.4) is 0 Å². The highest BCUT2D eigenvalue weighted by atomic mass is 19.4. The number of halogens is 4. The Labute approximate surface area is 256 Å². The molecule has 2 amide bonds. The summed E-state index contributed by atoms with van der Waals surface area (Å²) in [7, 11) is 2.96. The maximum Gasteiger partial charge on any atom is 0.423 e. The van der Waals surface area contributed by atoms with Gasteiger partial charge in [0.25, 0.3) is 11.8 Å². The Balaban J connectivity index is 1.27. The zero-order valence-electron chi connectivity index (χ0n) is 24.9. The molecule has 3 aliphatic rings. The van der Waals surface area contributed by atoms with E-state index in [1.165, 1.54) is 19.2 Å². The van der Waals surface area contributed by atoms with E-state index in [2.05, 4.69) is 32.4 Å². The molecule has 2 fully saturated rings. The predicted octanol–water partition coefficient (Wildman–Crippen LogP) is 5.47. The van der Waals surface area contributed by atoms with Crippen molar-refractivity contribution in [1.82, 2.24) is 25.1 Å². The minimum absolute atomic E-state index is 0.0263. The number of hydrogen-bond acceptors (Lipinski definition) is 8. The first-order valence-corrected chi connectivity index (χ1v) is 14.7. The van der Waals surface area contributed by atoms with E-state index in [-0.39, 0.29) is 46.2 Å². The molecular formula is C31H32F4N6O4. The number of nitrogens with one attached hydrogen (secondary N) is 2. The third kappa shape index (κ3) is 5.62. The van der Waals surface area contributed by atoms with Crippen molar-refractivity contribution in [2.45, 2.75) is 50.4 Å². The van der Waals surface area contributed by atoms with Crippen molar-refractivity contribution in [3.63, 3.8) is 0 Å². The molecule has 2 aliphatic heterocycles. The molecule has 1 aliphatic carbocycles. The topological polar surface area (TPSA) is 109 Å². The molecule has 1 saturated heterocycles. The van der Waals surface area contributed by atoms with Crippen LogP contribution < -0.4 is 20.1 Å². The van der Waals surface area contributed by atoms with Crippen molar-refractivity contribution in [3.05, 3.63) is 64.6 Å². The number of alkyl halides is 3. The number of carbonyl (C=O) groups is 2. The summed E-state index contributed by atoms with van der Waals surface area (Å²) in [5, 5.41) is 5.54. The standard InChI is InChI=1S/C31H32F4N6O4/c1-4-41-12-8-17(9-13-41)37-26(42)18-14-24(44-3)22(15-21(18)32)38-29-36-16-20(31(33,34)35)27(39-29)45-23-7-5-6-19-25(23)28(43)40(2)30(19)10-11-30/h5-7,14-17H,4,8-13H2,1-3H3,(H,37,42)(H,36,38,39). The number of amides is 2. The van der Waals surface area contributed by atoms with Crippen molar-refractivity contribution in [1.29, 1.82) is 0 Å². The number of nitrogens with zero attached hydrogens (tertiary/aromatic N) is 4. The summed E-state index contributed by atoms with van der Waals surface area (Å²) in [5.41, 5.74) is -1.11. The quantitative estimate of drug-likeness (QED) is 0.317. The second kappa shape index (κ2) is 11.5. The molecule has 14 heteroatoms. The van der Waals surface area contributed by atoms with Crippen LogP contribution in [0.15, 0.2) is 36.5 Å². The van der Waals surface area contributed by atoms with Crippen molar-refractivity contribution in [2.24, 2.45) is 0 Å². The van der Waals surface area contributed by atoms with E-state index in [1.54, 1.807) is 24.1 Å². The van der Waals surface area contributed by atoms with Crippen LogP contribution >= 0.6 is 0 Å². The Kier molecular flexibility index (Phi) is 7.79. The lowest BCUT2D eigenvalue weighted by Crippen LogP contribution is -2.44. The molecule has 0 atom stereocenters. The van der Waals surface area contributed by atoms with Crippen LogP contribution in [0.5, 0.6) is 17.4 Å². The van der Waals surface area contributed by atoms with Gasteiger partial charge in [-0.05, 0) is 49.9 Å². The molecule has 3 heterocycles. The highest BCUT2D eigenvalue weighted by Gasteiger charge is 2.57. The average molecular weight is 629 g/mol. The zero-order valence-corrected chi connectivity index (χ0v) is 24.9. The number of hydrogen-bond donors (Lipinski definition) is 2. The predicted molar refractivity (Wildman–Crippen MR) is 155 cm³/mol. The number of likely N-dealkylation sites (tertiary alicyclic amines) is 1. The Hall–Kier alpha value is -4.46. The first kappa shape index (κ1) is 30.6. The van der Waals surface area contributed by atoms with Crippen LogP contribution in [0, 0.1) is 5.82 Å². The Morgan fingerprint density at radius 1 is 1.16 bits per heavy atom. The monoisotopic (exact) mass is 628 g/mol. The maximum absolute atomic E-state index is 15.2. The van der Waals surface area contributed by atoms with Gasteiger partial charge in [-0.25, -0.2) is 9.37 Å². The lowest BCUT2D eigenvalue weighted by molar-refractivity contribution is -0.139. The zero-order chi connectivity index (χ0) is 32.1. The molecule has 1 saturated carbocycles. The number of anilines is 2. The van der Waals surface area contributed by atoms with E-state index >= 15 is 4.39 Å². The molecular weight excluding hydrogens is 596 g/mol. The lowest BCUT2D eigenvalue weighted by Gasteiger charge is -2.31. The van der Waals surface area contributed by atoms with E-state index in [0.29, 0.717) is 11.8 Å². The van der Waals surface area contributed by atoms with Crippen LogP contribution in [0.2, 0.25) is 0 Å². The van der Waals surface area contributed by atoms with Gasteiger partial charge in [-0.2, -0.15) is 18.2 Å². The van der Waals surface area contributed by atoms with E-state index in [1.807, 2.05) is 0 Å². The summed E-state index contributed by atoms with van der Waals surface area (Å²) in [5.74, 6) is -3.05. The minimum atomic E-state index is -4.88. The molecule has 45 heavy (non-hydrogen) atoms. The third-order valence-corrected chi connectivity index (χ3v) is 8.83. The summed E-state index contributed by atoms with van der Waals surface area (Å²) < 4.78 is 68.2. The van der Waals surface area contributed by atoms with Crippen LogP contribution in [0.1, 0.15) is 64.4 Å². The maximum atomic E-state index is 15.2. The number of methoxy groups -OCH3 is 1. The molecule has 1 spiro atoms. The highest BCUT2D eigenvalue weighted by molar-refractivity contribution is 6.03. The molecule has 0 radical (unpaired) electrons. The third-order valence-electron chi connectivity index (χ3n) is 8.83. The number of ether oxygens (including phenoxy) is 2. The summed E-state index contributed by atoms with van der Waals surface area (Å²) in [6, 6.07) is 6.90. The van der Waals surface area contributed by atoms with E-state index < -0.39 is 34.9 Å². The fraction of sp³-hybridized carbons (Fsp3) is 0.419. The number of benzene rings is 2. The Morgan fingerprint density at radius 3 is 2.53 bits per heavy atom. The fourth-order valence-corrected chi connectivity index (χ4v) is 6.06. The van der Waals surface area contributed by atoms with Gasteiger partial charge in [-0.1, -0.05) is 19.1 Å². The smallest absolute Gasteiger partial charge is 0.423 e. The van der Waals surface area contributed by atoms with E-state index in [0.717, 1.165) is 51.4 Å². The van der Waals surface area contributed by atoms with Crippen molar-refractivity contribution in [2.75, 3.05) is 39.1 Å². The molecule has 6 rings (SSSR count). The van der Waals surface area contributed by atoms with Gasteiger partial charge in [-0.15, -0.1) is 0 Å². The first-order valence-electron chi connectivity index (χ1n) is 14.7. The highest BCUT2D eigenvalue weighted by Crippen LogP contribution is 2.57.